The van der Waals surface area contributed by atoms with E-state index in [-0.39, 0.29) is 17.7 Å². The highest BCUT2D eigenvalue weighted by atomic mass is 19.1. The van der Waals surface area contributed by atoms with Crippen LogP contribution >= 0.6 is 0 Å². The molecule has 0 aromatic heterocycles. The predicted octanol–water partition coefficient (Wildman–Crippen LogP) is 4.04. The lowest BCUT2D eigenvalue weighted by Crippen LogP contribution is -2.28. The number of benzene rings is 1. The molecule has 0 amide bonds. The third-order valence-electron chi connectivity index (χ3n) is 4.01. The van der Waals surface area contributed by atoms with Crippen LogP contribution in [0, 0.1) is 18.6 Å². The zero-order chi connectivity index (χ0) is 16.0. The summed E-state index contributed by atoms with van der Waals surface area (Å²) in [5.41, 5.74) is 0.748. The summed E-state index contributed by atoms with van der Waals surface area (Å²) in [5, 5.41) is 3.26. The Balaban J connectivity index is 2.38. The van der Waals surface area contributed by atoms with E-state index in [1.165, 1.54) is 12.1 Å². The quantitative estimate of drug-likeness (QED) is 0.729. The Morgan fingerprint density at radius 3 is 2.38 bits per heavy atom. The van der Waals surface area contributed by atoms with Gasteiger partial charge < -0.3 is 10.2 Å². The molecule has 1 unspecified atom stereocenters. The maximum atomic E-state index is 13.8. The lowest BCUT2D eigenvalue weighted by Gasteiger charge is -2.21. The molecular formula is C17H28F2N2. The first kappa shape index (κ1) is 18.1. The van der Waals surface area contributed by atoms with E-state index in [0.29, 0.717) is 17.2 Å². The van der Waals surface area contributed by atoms with Crippen LogP contribution in [0.1, 0.15) is 50.8 Å². The maximum absolute atomic E-state index is 13.8. The molecule has 1 rings (SSSR count). The zero-order valence-electron chi connectivity index (χ0n) is 13.8. The molecule has 21 heavy (non-hydrogen) atoms. The Labute approximate surface area is 127 Å². The first-order valence-electron chi connectivity index (χ1n) is 7.72. The van der Waals surface area contributed by atoms with Crippen molar-refractivity contribution >= 4 is 0 Å². The lowest BCUT2D eigenvalue weighted by molar-refractivity contribution is 0.267. The highest BCUT2D eigenvalue weighted by molar-refractivity contribution is 5.27. The zero-order valence-corrected chi connectivity index (χ0v) is 13.8. The average Bonchev–Trinajstić information content (AvgIpc) is 2.41. The van der Waals surface area contributed by atoms with Crippen molar-refractivity contribution in [3.05, 3.63) is 34.9 Å². The van der Waals surface area contributed by atoms with Crippen molar-refractivity contribution in [2.75, 3.05) is 20.1 Å². The molecule has 120 valence electrons. The number of unbranched alkanes of at least 4 members (excludes halogenated alkanes) is 1. The molecule has 0 aliphatic heterocycles. The van der Waals surface area contributed by atoms with Gasteiger partial charge in [-0.2, -0.15) is 0 Å². The number of hydrogen-bond acceptors (Lipinski definition) is 2. The molecule has 1 N–H and O–H groups in total. The number of aryl methyl sites for hydroxylation is 1. The molecule has 0 bridgehead atoms. The molecule has 0 radical (unpaired) electrons. The van der Waals surface area contributed by atoms with Crippen LogP contribution in [-0.4, -0.2) is 31.1 Å². The average molecular weight is 298 g/mol. The van der Waals surface area contributed by atoms with Crippen LogP contribution < -0.4 is 5.32 Å². The summed E-state index contributed by atoms with van der Waals surface area (Å²) in [6.45, 7) is 9.66. The number of nitrogens with zero attached hydrogens (tertiary/aromatic N) is 1. The van der Waals surface area contributed by atoms with Crippen LogP contribution in [0.5, 0.6) is 0 Å². The SMILES string of the molecule is Cc1cc(F)c(C(C)NCCCCN(C)C(C)C)cc1F. The normalized spacial score (nSPS) is 13.2. The molecular weight excluding hydrogens is 270 g/mol. The highest BCUT2D eigenvalue weighted by Gasteiger charge is 2.13. The smallest absolute Gasteiger partial charge is 0.128 e. The van der Waals surface area contributed by atoms with Crippen molar-refractivity contribution in [1.82, 2.24) is 10.2 Å². The second kappa shape index (κ2) is 8.44. The van der Waals surface area contributed by atoms with Crippen LogP contribution in [0.2, 0.25) is 0 Å². The first-order chi connectivity index (χ1) is 9.82. The minimum Gasteiger partial charge on any atom is -0.310 e. The molecule has 0 fully saturated rings. The van der Waals surface area contributed by atoms with Crippen molar-refractivity contribution in [2.24, 2.45) is 0 Å². The third-order valence-corrected chi connectivity index (χ3v) is 4.01. The molecule has 0 saturated heterocycles. The van der Waals surface area contributed by atoms with Gasteiger partial charge in [0.05, 0.1) is 0 Å². The molecule has 4 heteroatoms. The standard InChI is InChI=1S/C17H28F2N2/c1-12(2)21(5)9-7-6-8-20-14(4)15-11-16(18)13(3)10-17(15)19/h10-12,14,20H,6-9H2,1-5H3. The molecule has 2 nitrogen and oxygen atoms in total. The van der Waals surface area contributed by atoms with E-state index in [2.05, 4.69) is 31.1 Å². The Morgan fingerprint density at radius 1 is 1.10 bits per heavy atom. The van der Waals surface area contributed by atoms with Gasteiger partial charge in [0.1, 0.15) is 11.6 Å². The second-order valence-electron chi connectivity index (χ2n) is 6.08. The van der Waals surface area contributed by atoms with Gasteiger partial charge in [0.15, 0.2) is 0 Å². The van der Waals surface area contributed by atoms with Gasteiger partial charge in [-0.3, -0.25) is 0 Å². The monoisotopic (exact) mass is 298 g/mol. The van der Waals surface area contributed by atoms with Gasteiger partial charge in [-0.25, -0.2) is 8.78 Å². The van der Waals surface area contributed by atoms with Crippen LogP contribution in [-0.2, 0) is 0 Å². The largest absolute Gasteiger partial charge is 0.310 e. The van der Waals surface area contributed by atoms with Gasteiger partial charge in [0.25, 0.3) is 0 Å². The molecule has 0 saturated carbocycles. The van der Waals surface area contributed by atoms with Crippen LogP contribution in [0.3, 0.4) is 0 Å². The Morgan fingerprint density at radius 2 is 1.76 bits per heavy atom. The van der Waals surface area contributed by atoms with Crippen molar-refractivity contribution in [3.8, 4) is 0 Å². The molecule has 1 aromatic rings. The Bertz CT molecular complexity index is 447. The highest BCUT2D eigenvalue weighted by Crippen LogP contribution is 2.20. The number of rotatable bonds is 8. The van der Waals surface area contributed by atoms with Crippen LogP contribution in [0.25, 0.3) is 0 Å². The van der Waals surface area contributed by atoms with Gasteiger partial charge >= 0.3 is 0 Å². The molecule has 1 aromatic carbocycles. The van der Waals surface area contributed by atoms with Crippen molar-refractivity contribution in [3.63, 3.8) is 0 Å². The van der Waals surface area contributed by atoms with E-state index in [1.54, 1.807) is 6.92 Å². The van der Waals surface area contributed by atoms with E-state index in [1.807, 2.05) is 6.92 Å². The third kappa shape index (κ3) is 5.71. The molecule has 0 aliphatic carbocycles. The minimum absolute atomic E-state index is 0.178. The van der Waals surface area contributed by atoms with Gasteiger partial charge in [0, 0.05) is 17.6 Å². The van der Waals surface area contributed by atoms with E-state index in [0.717, 1.165) is 25.9 Å². The fraction of sp³-hybridized carbons (Fsp3) is 0.647. The summed E-state index contributed by atoms with van der Waals surface area (Å²) < 4.78 is 27.4. The van der Waals surface area contributed by atoms with Gasteiger partial charge in [-0.15, -0.1) is 0 Å². The fourth-order valence-corrected chi connectivity index (χ4v) is 2.17. The van der Waals surface area contributed by atoms with Crippen molar-refractivity contribution in [2.45, 2.75) is 52.6 Å². The van der Waals surface area contributed by atoms with Gasteiger partial charge in [-0.05, 0) is 78.4 Å². The van der Waals surface area contributed by atoms with Crippen LogP contribution in [0.4, 0.5) is 8.78 Å². The summed E-state index contributed by atoms with van der Waals surface area (Å²) in [5.74, 6) is -0.688. The predicted molar refractivity (Wildman–Crippen MR) is 84.5 cm³/mol. The number of halogens is 2. The summed E-state index contributed by atoms with van der Waals surface area (Å²) in [4.78, 5) is 2.30. The van der Waals surface area contributed by atoms with Crippen molar-refractivity contribution in [1.29, 1.82) is 0 Å². The van der Waals surface area contributed by atoms with E-state index in [4.69, 9.17) is 0 Å². The topological polar surface area (TPSA) is 15.3 Å². The van der Waals surface area contributed by atoms with E-state index >= 15 is 0 Å². The molecule has 1 atom stereocenters. The second-order valence-corrected chi connectivity index (χ2v) is 6.08. The number of hydrogen-bond donors (Lipinski definition) is 1. The van der Waals surface area contributed by atoms with Crippen molar-refractivity contribution < 1.29 is 8.78 Å². The maximum Gasteiger partial charge on any atom is 0.128 e. The molecule has 0 spiro atoms. The minimum atomic E-state index is -0.349. The lowest BCUT2D eigenvalue weighted by atomic mass is 10.0. The van der Waals surface area contributed by atoms with Gasteiger partial charge in [-0.1, -0.05) is 0 Å². The molecule has 0 heterocycles. The van der Waals surface area contributed by atoms with E-state index in [9.17, 15) is 8.78 Å². The summed E-state index contributed by atoms with van der Waals surface area (Å²) in [7, 11) is 2.12. The van der Waals surface area contributed by atoms with E-state index < -0.39 is 0 Å². The summed E-state index contributed by atoms with van der Waals surface area (Å²) in [6, 6.07) is 2.94. The Hall–Kier alpha value is -1.00. The Kier molecular flexibility index (Phi) is 7.26. The molecule has 0 aliphatic rings. The number of nitrogens with one attached hydrogen (secondary N) is 1. The summed E-state index contributed by atoms with van der Waals surface area (Å²) in [6.07, 6.45) is 2.12. The summed E-state index contributed by atoms with van der Waals surface area (Å²) >= 11 is 0. The fourth-order valence-electron chi connectivity index (χ4n) is 2.17. The van der Waals surface area contributed by atoms with Gasteiger partial charge in [0.2, 0.25) is 0 Å². The first-order valence-corrected chi connectivity index (χ1v) is 7.72. The van der Waals surface area contributed by atoms with Crippen LogP contribution in [0.15, 0.2) is 12.1 Å².